The first-order chi connectivity index (χ1) is 8.52. The highest BCUT2D eigenvalue weighted by Crippen LogP contribution is 2.33. The Morgan fingerprint density at radius 2 is 2.17 bits per heavy atom. The van der Waals surface area contributed by atoms with Gasteiger partial charge in [0.05, 0.1) is 7.11 Å². The zero-order valence-corrected chi connectivity index (χ0v) is 11.6. The van der Waals surface area contributed by atoms with Gasteiger partial charge in [-0.1, -0.05) is 20.8 Å². The van der Waals surface area contributed by atoms with Crippen LogP contribution in [0.4, 0.5) is 5.69 Å². The minimum absolute atomic E-state index is 0.0326. The maximum atomic E-state index is 12.3. The molecule has 18 heavy (non-hydrogen) atoms. The molecule has 1 amide bonds. The summed E-state index contributed by atoms with van der Waals surface area (Å²) in [5, 5.41) is 0. The van der Waals surface area contributed by atoms with E-state index in [0.29, 0.717) is 5.92 Å². The van der Waals surface area contributed by atoms with Gasteiger partial charge in [0.1, 0.15) is 5.75 Å². The molecule has 98 valence electrons. The van der Waals surface area contributed by atoms with Crippen molar-refractivity contribution in [2.45, 2.75) is 27.2 Å². The number of benzene rings is 1. The first-order valence-electron chi connectivity index (χ1n) is 6.51. The maximum absolute atomic E-state index is 12.3. The second-order valence-electron chi connectivity index (χ2n) is 5.41. The fourth-order valence-corrected chi connectivity index (χ4v) is 2.49. The molecule has 0 radical (unpaired) electrons. The lowest BCUT2D eigenvalue weighted by atomic mass is 9.93. The Hall–Kier alpha value is -1.51. The Labute approximate surface area is 109 Å². The van der Waals surface area contributed by atoms with Crippen molar-refractivity contribution in [1.82, 2.24) is 0 Å². The average molecular weight is 247 g/mol. The van der Waals surface area contributed by atoms with Crippen molar-refractivity contribution in [2.75, 3.05) is 18.6 Å². The zero-order chi connectivity index (χ0) is 13.3. The highest BCUT2D eigenvalue weighted by Gasteiger charge is 2.27. The van der Waals surface area contributed by atoms with Crippen LogP contribution in [-0.4, -0.2) is 19.6 Å². The molecular formula is C15H21NO2. The number of nitrogens with zero attached hydrogens (tertiary/aromatic N) is 1. The van der Waals surface area contributed by atoms with Gasteiger partial charge in [0.15, 0.2) is 0 Å². The first kappa shape index (κ1) is 12.9. The van der Waals surface area contributed by atoms with E-state index in [1.54, 1.807) is 7.11 Å². The highest BCUT2D eigenvalue weighted by atomic mass is 16.5. The molecule has 1 aromatic rings. The van der Waals surface area contributed by atoms with Crippen LogP contribution in [0.15, 0.2) is 18.2 Å². The Bertz CT molecular complexity index is 454. The van der Waals surface area contributed by atoms with E-state index >= 15 is 0 Å². The first-order valence-corrected chi connectivity index (χ1v) is 6.51. The highest BCUT2D eigenvalue weighted by molar-refractivity contribution is 5.95. The second kappa shape index (κ2) is 5.01. The number of hydrogen-bond donors (Lipinski definition) is 0. The molecule has 1 heterocycles. The number of amides is 1. The zero-order valence-electron chi connectivity index (χ0n) is 11.6. The van der Waals surface area contributed by atoms with Gasteiger partial charge >= 0.3 is 0 Å². The van der Waals surface area contributed by atoms with Gasteiger partial charge in [-0.3, -0.25) is 4.79 Å². The van der Waals surface area contributed by atoms with Crippen molar-refractivity contribution in [3.05, 3.63) is 23.8 Å². The van der Waals surface area contributed by atoms with E-state index in [4.69, 9.17) is 4.74 Å². The molecule has 0 spiro atoms. The molecule has 3 nitrogen and oxygen atoms in total. The Kier molecular flexibility index (Phi) is 3.60. The fourth-order valence-electron chi connectivity index (χ4n) is 2.49. The number of carbonyl (C=O) groups is 1. The second-order valence-corrected chi connectivity index (χ2v) is 5.41. The van der Waals surface area contributed by atoms with Gasteiger partial charge in [0, 0.05) is 18.2 Å². The number of carbonyl (C=O) groups excluding carboxylic acids is 1. The minimum Gasteiger partial charge on any atom is -0.497 e. The van der Waals surface area contributed by atoms with E-state index in [1.807, 2.05) is 36.9 Å². The third-order valence-corrected chi connectivity index (χ3v) is 3.40. The monoisotopic (exact) mass is 247 g/mol. The van der Waals surface area contributed by atoms with Crippen molar-refractivity contribution in [1.29, 1.82) is 0 Å². The molecular weight excluding hydrogens is 226 g/mol. The molecule has 2 rings (SSSR count). The molecule has 1 unspecified atom stereocenters. The topological polar surface area (TPSA) is 29.5 Å². The number of hydrogen-bond acceptors (Lipinski definition) is 2. The normalized spacial score (nSPS) is 18.7. The van der Waals surface area contributed by atoms with Crippen LogP contribution < -0.4 is 9.64 Å². The van der Waals surface area contributed by atoms with Gasteiger partial charge in [-0.15, -0.1) is 0 Å². The molecule has 1 aliphatic rings. The van der Waals surface area contributed by atoms with Gasteiger partial charge in [0.2, 0.25) is 5.91 Å². The molecule has 0 aliphatic carbocycles. The van der Waals surface area contributed by atoms with E-state index in [0.717, 1.165) is 24.4 Å². The lowest BCUT2D eigenvalue weighted by Gasteiger charge is -2.34. The molecule has 1 atom stereocenters. The lowest BCUT2D eigenvalue weighted by Crippen LogP contribution is -2.41. The molecule has 0 bridgehead atoms. The average Bonchev–Trinajstić information content (AvgIpc) is 2.35. The van der Waals surface area contributed by atoms with Gasteiger partial charge in [0.25, 0.3) is 0 Å². The van der Waals surface area contributed by atoms with Crippen molar-refractivity contribution in [3.8, 4) is 5.75 Å². The lowest BCUT2D eigenvalue weighted by molar-refractivity contribution is -0.121. The van der Waals surface area contributed by atoms with Crippen molar-refractivity contribution in [3.63, 3.8) is 0 Å². The number of anilines is 1. The van der Waals surface area contributed by atoms with Crippen LogP contribution >= 0.6 is 0 Å². The molecule has 0 aromatic heterocycles. The summed E-state index contributed by atoms with van der Waals surface area (Å²) in [5.74, 6) is 1.59. The number of rotatable bonds is 2. The predicted octanol–water partition coefficient (Wildman–Crippen LogP) is 2.88. The standard InChI is InChI=1S/C15H21NO2/c1-10(2)15(17)16-9-11(3)7-12-8-13(18-4)5-6-14(12)16/h5-6,8,10-11H,7,9H2,1-4H3. The molecule has 1 aliphatic heterocycles. The van der Waals surface area contributed by atoms with Gasteiger partial charge in [-0.05, 0) is 36.1 Å². The van der Waals surface area contributed by atoms with E-state index < -0.39 is 0 Å². The molecule has 0 fully saturated rings. The van der Waals surface area contributed by atoms with E-state index in [9.17, 15) is 4.79 Å². The number of fused-ring (bicyclic) bond motifs is 1. The molecule has 0 saturated heterocycles. The van der Waals surface area contributed by atoms with E-state index in [2.05, 4.69) is 6.92 Å². The quantitative estimate of drug-likeness (QED) is 0.804. The summed E-state index contributed by atoms with van der Waals surface area (Å²) in [5.41, 5.74) is 2.26. The molecule has 0 saturated carbocycles. The van der Waals surface area contributed by atoms with Crippen LogP contribution in [0.2, 0.25) is 0 Å². The summed E-state index contributed by atoms with van der Waals surface area (Å²) in [6.45, 7) is 6.90. The Morgan fingerprint density at radius 3 is 2.78 bits per heavy atom. The van der Waals surface area contributed by atoms with Crippen molar-refractivity contribution in [2.24, 2.45) is 11.8 Å². The molecule has 1 aromatic carbocycles. The Balaban J connectivity index is 2.39. The smallest absolute Gasteiger partial charge is 0.229 e. The van der Waals surface area contributed by atoms with E-state index in [-0.39, 0.29) is 11.8 Å². The maximum Gasteiger partial charge on any atom is 0.229 e. The van der Waals surface area contributed by atoms with Crippen LogP contribution in [0.1, 0.15) is 26.3 Å². The Morgan fingerprint density at radius 1 is 1.44 bits per heavy atom. The third kappa shape index (κ3) is 2.35. The van der Waals surface area contributed by atoms with Crippen LogP contribution in [0.25, 0.3) is 0 Å². The van der Waals surface area contributed by atoms with Gasteiger partial charge in [-0.25, -0.2) is 0 Å². The van der Waals surface area contributed by atoms with Crippen LogP contribution in [0.3, 0.4) is 0 Å². The van der Waals surface area contributed by atoms with Crippen LogP contribution in [0.5, 0.6) is 5.75 Å². The molecule has 0 N–H and O–H groups in total. The van der Waals surface area contributed by atoms with E-state index in [1.165, 1.54) is 5.56 Å². The summed E-state index contributed by atoms with van der Waals surface area (Å²) >= 11 is 0. The van der Waals surface area contributed by atoms with Crippen molar-refractivity contribution >= 4 is 11.6 Å². The number of ether oxygens (including phenoxy) is 1. The summed E-state index contributed by atoms with van der Waals surface area (Å²) in [7, 11) is 1.67. The van der Waals surface area contributed by atoms with Crippen molar-refractivity contribution < 1.29 is 9.53 Å². The minimum atomic E-state index is 0.0326. The van der Waals surface area contributed by atoms with Crippen LogP contribution in [-0.2, 0) is 11.2 Å². The summed E-state index contributed by atoms with van der Waals surface area (Å²) in [4.78, 5) is 14.2. The summed E-state index contributed by atoms with van der Waals surface area (Å²) < 4.78 is 5.26. The summed E-state index contributed by atoms with van der Waals surface area (Å²) in [6, 6.07) is 5.97. The van der Waals surface area contributed by atoms with Crippen LogP contribution in [0, 0.1) is 11.8 Å². The predicted molar refractivity (Wildman–Crippen MR) is 73.1 cm³/mol. The summed E-state index contributed by atoms with van der Waals surface area (Å²) in [6.07, 6.45) is 1.01. The third-order valence-electron chi connectivity index (χ3n) is 3.40. The SMILES string of the molecule is COc1ccc2c(c1)CC(C)CN2C(=O)C(C)C. The number of methoxy groups -OCH3 is 1. The van der Waals surface area contributed by atoms with Gasteiger partial charge < -0.3 is 9.64 Å². The van der Waals surface area contributed by atoms with Gasteiger partial charge in [-0.2, -0.15) is 0 Å². The fraction of sp³-hybridized carbons (Fsp3) is 0.533. The molecule has 3 heteroatoms. The largest absolute Gasteiger partial charge is 0.497 e.